The lowest BCUT2D eigenvalue weighted by molar-refractivity contribution is -0.0512. The minimum atomic E-state index is -2.96. The molecule has 2 aromatic rings. The number of nitrogens with one attached hydrogen (secondary N) is 1. The van der Waals surface area contributed by atoms with Gasteiger partial charge in [-0.2, -0.15) is 8.78 Å². The lowest BCUT2D eigenvalue weighted by Crippen LogP contribution is -2.13. The van der Waals surface area contributed by atoms with E-state index >= 15 is 0 Å². The second-order valence-electron chi connectivity index (χ2n) is 4.18. The van der Waals surface area contributed by atoms with Crippen LogP contribution in [0, 0.1) is 3.57 Å². The average molecular weight is 419 g/mol. The predicted molar refractivity (Wildman–Crippen MR) is 86.7 cm³/mol. The van der Waals surface area contributed by atoms with Crippen LogP contribution in [-0.4, -0.2) is 19.6 Å². The van der Waals surface area contributed by atoms with E-state index in [4.69, 9.17) is 4.74 Å². The Morgan fingerprint density at radius 3 is 2.55 bits per heavy atom. The lowest BCUT2D eigenvalue weighted by atomic mass is 10.2. The molecule has 116 valence electrons. The topological polar surface area (TPSA) is 47.6 Å². The monoisotopic (exact) mass is 419 g/mol. The maximum atomic E-state index is 12.3. The highest BCUT2D eigenvalue weighted by atomic mass is 127. The van der Waals surface area contributed by atoms with E-state index in [1.165, 1.54) is 25.3 Å². The molecule has 1 amide bonds. The number of alkyl halides is 2. The number of amides is 1. The van der Waals surface area contributed by atoms with Gasteiger partial charge in [-0.1, -0.05) is 12.1 Å². The van der Waals surface area contributed by atoms with Crippen LogP contribution in [0.2, 0.25) is 0 Å². The first kappa shape index (κ1) is 16.5. The Hall–Kier alpha value is -1.90. The van der Waals surface area contributed by atoms with Crippen LogP contribution < -0.4 is 14.8 Å². The third-order valence-corrected chi connectivity index (χ3v) is 3.70. The minimum absolute atomic E-state index is 0.0655. The van der Waals surface area contributed by atoms with E-state index < -0.39 is 6.61 Å². The van der Waals surface area contributed by atoms with Crippen molar-refractivity contribution in [2.75, 3.05) is 12.4 Å². The van der Waals surface area contributed by atoms with Gasteiger partial charge in [0.05, 0.1) is 12.8 Å². The zero-order valence-corrected chi connectivity index (χ0v) is 13.6. The summed E-state index contributed by atoms with van der Waals surface area (Å²) in [5, 5.41) is 2.75. The number of hydrogen-bond acceptors (Lipinski definition) is 3. The fraction of sp³-hybridized carbons (Fsp3) is 0.133. The molecular formula is C15H12F2INO3. The van der Waals surface area contributed by atoms with E-state index in [9.17, 15) is 13.6 Å². The molecule has 22 heavy (non-hydrogen) atoms. The Morgan fingerprint density at radius 2 is 1.91 bits per heavy atom. The Bertz CT molecular complexity index is 680. The molecule has 0 unspecified atom stereocenters. The van der Waals surface area contributed by atoms with Gasteiger partial charge in [0.25, 0.3) is 5.91 Å². The number of anilines is 1. The summed E-state index contributed by atoms with van der Waals surface area (Å²) in [5.41, 5.74) is 0.943. The van der Waals surface area contributed by atoms with Gasteiger partial charge in [-0.3, -0.25) is 4.79 Å². The highest BCUT2D eigenvalue weighted by Gasteiger charge is 2.14. The number of carbonyl (C=O) groups is 1. The van der Waals surface area contributed by atoms with E-state index in [0.29, 0.717) is 5.69 Å². The number of ether oxygens (including phenoxy) is 2. The van der Waals surface area contributed by atoms with Gasteiger partial charge in [0.15, 0.2) is 11.5 Å². The molecule has 0 radical (unpaired) electrons. The fourth-order valence-electron chi connectivity index (χ4n) is 1.76. The molecule has 2 aromatic carbocycles. The second-order valence-corrected chi connectivity index (χ2v) is 5.34. The highest BCUT2D eigenvalue weighted by molar-refractivity contribution is 14.1. The van der Waals surface area contributed by atoms with Gasteiger partial charge in [0.1, 0.15) is 0 Å². The molecule has 7 heteroatoms. The van der Waals surface area contributed by atoms with Crippen LogP contribution in [0.3, 0.4) is 0 Å². The standard InChI is InChI=1S/C15H12F2INO3/c1-21-13-8-9(6-7-12(13)22-15(16)17)14(20)19-11-5-3-2-4-10(11)18/h2-8,15H,1H3,(H,19,20). The van der Waals surface area contributed by atoms with Crippen molar-refractivity contribution in [3.63, 3.8) is 0 Å². The van der Waals surface area contributed by atoms with Crippen LogP contribution in [0.5, 0.6) is 11.5 Å². The zero-order valence-electron chi connectivity index (χ0n) is 11.5. The number of para-hydroxylation sites is 1. The van der Waals surface area contributed by atoms with E-state index in [2.05, 4.69) is 32.6 Å². The molecule has 0 saturated heterocycles. The van der Waals surface area contributed by atoms with Crippen LogP contribution in [0.25, 0.3) is 0 Å². The van der Waals surface area contributed by atoms with Crippen LogP contribution in [0.4, 0.5) is 14.5 Å². The number of rotatable bonds is 5. The van der Waals surface area contributed by atoms with E-state index in [1.807, 2.05) is 12.1 Å². The average Bonchev–Trinajstić information content (AvgIpc) is 2.49. The molecule has 0 aromatic heterocycles. The quantitative estimate of drug-likeness (QED) is 0.741. The van der Waals surface area contributed by atoms with Crippen molar-refractivity contribution in [2.45, 2.75) is 6.61 Å². The largest absolute Gasteiger partial charge is 0.493 e. The van der Waals surface area contributed by atoms with Gasteiger partial charge in [-0.15, -0.1) is 0 Å². The Kier molecular flexibility index (Phi) is 5.53. The molecular weight excluding hydrogens is 407 g/mol. The number of carbonyl (C=O) groups excluding carboxylic acids is 1. The summed E-state index contributed by atoms with van der Waals surface area (Å²) in [6.07, 6.45) is 0. The summed E-state index contributed by atoms with van der Waals surface area (Å²) in [4.78, 5) is 12.2. The minimum Gasteiger partial charge on any atom is -0.493 e. The molecule has 0 spiro atoms. The molecule has 0 atom stereocenters. The molecule has 0 aliphatic rings. The van der Waals surface area contributed by atoms with Gasteiger partial charge in [0, 0.05) is 9.13 Å². The smallest absolute Gasteiger partial charge is 0.387 e. The lowest BCUT2D eigenvalue weighted by Gasteiger charge is -2.12. The van der Waals surface area contributed by atoms with Crippen LogP contribution in [0.15, 0.2) is 42.5 Å². The summed E-state index contributed by atoms with van der Waals surface area (Å²) < 4.78 is 34.7. The van der Waals surface area contributed by atoms with Crippen molar-refractivity contribution < 1.29 is 23.0 Å². The number of halogens is 3. The number of methoxy groups -OCH3 is 1. The summed E-state index contributed by atoms with van der Waals surface area (Å²) >= 11 is 2.10. The van der Waals surface area contributed by atoms with Crippen LogP contribution >= 0.6 is 22.6 Å². The van der Waals surface area contributed by atoms with Crippen molar-refractivity contribution in [1.82, 2.24) is 0 Å². The van der Waals surface area contributed by atoms with E-state index in [-0.39, 0.29) is 23.0 Å². The van der Waals surface area contributed by atoms with Crippen molar-refractivity contribution in [2.24, 2.45) is 0 Å². The molecule has 1 N–H and O–H groups in total. The second kappa shape index (κ2) is 7.39. The maximum Gasteiger partial charge on any atom is 0.387 e. The van der Waals surface area contributed by atoms with Crippen LogP contribution in [0.1, 0.15) is 10.4 Å². The molecule has 0 heterocycles. The normalized spacial score (nSPS) is 10.4. The van der Waals surface area contributed by atoms with Crippen molar-refractivity contribution in [3.05, 3.63) is 51.6 Å². The summed E-state index contributed by atoms with van der Waals surface area (Å²) in [6, 6.07) is 11.3. The van der Waals surface area contributed by atoms with Crippen LogP contribution in [-0.2, 0) is 0 Å². The Balaban J connectivity index is 2.21. The third-order valence-electron chi connectivity index (χ3n) is 2.76. The van der Waals surface area contributed by atoms with Gasteiger partial charge < -0.3 is 14.8 Å². The fourth-order valence-corrected chi connectivity index (χ4v) is 2.28. The number of hydrogen-bond donors (Lipinski definition) is 1. The zero-order chi connectivity index (χ0) is 16.1. The summed E-state index contributed by atoms with van der Waals surface area (Å²) in [6.45, 7) is -2.96. The van der Waals surface area contributed by atoms with Gasteiger partial charge >= 0.3 is 6.61 Å². The van der Waals surface area contributed by atoms with E-state index in [1.54, 1.807) is 12.1 Å². The summed E-state index contributed by atoms with van der Waals surface area (Å²) in [5.74, 6) is -0.426. The molecule has 2 rings (SSSR count). The van der Waals surface area contributed by atoms with Crippen molar-refractivity contribution in [1.29, 1.82) is 0 Å². The molecule has 0 aliphatic heterocycles. The SMILES string of the molecule is COc1cc(C(=O)Nc2ccccc2I)ccc1OC(F)F. The van der Waals surface area contributed by atoms with Crippen molar-refractivity contribution in [3.8, 4) is 11.5 Å². The highest BCUT2D eigenvalue weighted by Crippen LogP contribution is 2.30. The first-order valence-corrected chi connectivity index (χ1v) is 7.28. The van der Waals surface area contributed by atoms with Gasteiger partial charge in [-0.25, -0.2) is 0 Å². The Labute approximate surface area is 139 Å². The number of benzene rings is 2. The van der Waals surface area contributed by atoms with E-state index in [0.717, 1.165) is 3.57 Å². The third kappa shape index (κ3) is 4.06. The molecule has 4 nitrogen and oxygen atoms in total. The first-order chi connectivity index (χ1) is 10.5. The van der Waals surface area contributed by atoms with Crippen molar-refractivity contribution >= 4 is 34.2 Å². The summed E-state index contributed by atoms with van der Waals surface area (Å²) in [7, 11) is 1.31. The maximum absolute atomic E-state index is 12.3. The molecule has 0 bridgehead atoms. The Morgan fingerprint density at radius 1 is 1.18 bits per heavy atom. The predicted octanol–water partition coefficient (Wildman–Crippen LogP) is 4.15. The first-order valence-electron chi connectivity index (χ1n) is 6.20. The van der Waals surface area contributed by atoms with Gasteiger partial charge in [-0.05, 0) is 52.9 Å². The van der Waals surface area contributed by atoms with Gasteiger partial charge in [0.2, 0.25) is 0 Å². The molecule has 0 saturated carbocycles. The molecule has 0 fully saturated rings. The molecule has 0 aliphatic carbocycles.